The number of carbonyl (C=O) groups excluding carboxylic acids is 1. The molecule has 1 aromatic heterocycles. The van der Waals surface area contributed by atoms with Crippen LogP contribution in [0.1, 0.15) is 10.8 Å². The van der Waals surface area contributed by atoms with Gasteiger partial charge < -0.3 is 5.32 Å². The number of anilines is 1. The highest BCUT2D eigenvalue weighted by Gasteiger charge is 2.23. The summed E-state index contributed by atoms with van der Waals surface area (Å²) in [6, 6.07) is 19.1. The minimum absolute atomic E-state index is 0.0717. The molecule has 0 aliphatic heterocycles. The van der Waals surface area contributed by atoms with Crippen molar-refractivity contribution in [3.63, 3.8) is 0 Å². The molecule has 0 fully saturated rings. The third-order valence-electron chi connectivity index (χ3n) is 2.94. The summed E-state index contributed by atoms with van der Waals surface area (Å²) in [4.78, 5) is 12.7. The number of nitrogens with one attached hydrogen (secondary N) is 1. The fraction of sp³-hybridized carbons (Fsp3) is 0.0625. The van der Waals surface area contributed by atoms with Crippen LogP contribution in [0.3, 0.4) is 0 Å². The van der Waals surface area contributed by atoms with Crippen LogP contribution in [0, 0.1) is 0 Å². The van der Waals surface area contributed by atoms with Crippen molar-refractivity contribution in [1.82, 2.24) is 10.2 Å². The zero-order chi connectivity index (χ0) is 15.2. The molecule has 1 unspecified atom stereocenters. The molecule has 6 heteroatoms. The molecule has 3 aromatic rings. The molecule has 22 heavy (non-hydrogen) atoms. The summed E-state index contributed by atoms with van der Waals surface area (Å²) in [5, 5.41) is 10.4. The van der Waals surface area contributed by atoms with Crippen molar-refractivity contribution < 1.29 is 4.79 Å². The van der Waals surface area contributed by atoms with E-state index in [0.717, 1.165) is 15.6 Å². The third-order valence-corrected chi connectivity index (χ3v) is 5.01. The molecule has 0 spiro atoms. The predicted octanol–water partition coefficient (Wildman–Crippen LogP) is 4.01. The SMILES string of the molecule is O=C(Nc1ccccc1)C(Sc1nncs1)c1ccccc1. The largest absolute Gasteiger partial charge is 0.325 e. The minimum atomic E-state index is -0.366. The lowest BCUT2D eigenvalue weighted by Crippen LogP contribution is -2.18. The number of nitrogens with zero attached hydrogens (tertiary/aromatic N) is 2. The maximum Gasteiger partial charge on any atom is 0.242 e. The molecule has 1 amide bonds. The monoisotopic (exact) mass is 327 g/mol. The average Bonchev–Trinajstić information content (AvgIpc) is 3.07. The van der Waals surface area contributed by atoms with Crippen molar-refractivity contribution >= 4 is 34.7 Å². The first-order valence-electron chi connectivity index (χ1n) is 6.66. The second kappa shape index (κ2) is 7.20. The van der Waals surface area contributed by atoms with E-state index in [1.54, 1.807) is 5.51 Å². The highest BCUT2D eigenvalue weighted by atomic mass is 32.2. The highest BCUT2D eigenvalue weighted by Crippen LogP contribution is 2.36. The number of rotatable bonds is 5. The molecule has 2 aromatic carbocycles. The zero-order valence-electron chi connectivity index (χ0n) is 11.5. The summed E-state index contributed by atoms with van der Waals surface area (Å²) in [6.45, 7) is 0. The predicted molar refractivity (Wildman–Crippen MR) is 90.0 cm³/mol. The zero-order valence-corrected chi connectivity index (χ0v) is 13.2. The normalized spacial score (nSPS) is 11.8. The summed E-state index contributed by atoms with van der Waals surface area (Å²) in [5.41, 5.74) is 3.39. The highest BCUT2D eigenvalue weighted by molar-refractivity contribution is 8.01. The number of aromatic nitrogens is 2. The molecule has 0 aliphatic rings. The van der Waals surface area contributed by atoms with Gasteiger partial charge in [0.1, 0.15) is 10.8 Å². The summed E-state index contributed by atoms with van der Waals surface area (Å²) >= 11 is 2.84. The Balaban J connectivity index is 1.83. The van der Waals surface area contributed by atoms with E-state index in [9.17, 15) is 4.79 Å². The molecule has 0 saturated heterocycles. The number of thioether (sulfide) groups is 1. The minimum Gasteiger partial charge on any atom is -0.325 e. The first-order chi connectivity index (χ1) is 10.8. The number of hydrogen-bond donors (Lipinski definition) is 1. The van der Waals surface area contributed by atoms with E-state index in [1.165, 1.54) is 23.1 Å². The fourth-order valence-electron chi connectivity index (χ4n) is 1.95. The first kappa shape index (κ1) is 14.7. The van der Waals surface area contributed by atoms with Crippen LogP contribution >= 0.6 is 23.1 Å². The molecule has 0 radical (unpaired) electrons. The third kappa shape index (κ3) is 3.72. The van der Waals surface area contributed by atoms with Crippen molar-refractivity contribution in [2.24, 2.45) is 0 Å². The van der Waals surface area contributed by atoms with Gasteiger partial charge in [-0.15, -0.1) is 10.2 Å². The molecular weight excluding hydrogens is 314 g/mol. The molecule has 0 aliphatic carbocycles. The van der Waals surface area contributed by atoms with Gasteiger partial charge in [0.25, 0.3) is 0 Å². The Morgan fingerprint density at radius 3 is 2.36 bits per heavy atom. The van der Waals surface area contributed by atoms with Crippen molar-refractivity contribution in [3.8, 4) is 0 Å². The average molecular weight is 327 g/mol. The maximum absolute atomic E-state index is 12.7. The maximum atomic E-state index is 12.7. The van der Waals surface area contributed by atoms with Gasteiger partial charge in [0.2, 0.25) is 5.91 Å². The molecule has 1 N–H and O–H groups in total. The van der Waals surface area contributed by atoms with Gasteiger partial charge >= 0.3 is 0 Å². The van der Waals surface area contributed by atoms with Gasteiger partial charge in [-0.05, 0) is 17.7 Å². The van der Waals surface area contributed by atoms with Gasteiger partial charge in [-0.2, -0.15) is 0 Å². The molecule has 0 bridgehead atoms. The Bertz CT molecular complexity index is 718. The summed E-state index contributed by atoms with van der Waals surface area (Å²) in [6.07, 6.45) is 0. The fourth-order valence-corrected chi connectivity index (χ4v) is 3.62. The molecule has 110 valence electrons. The van der Waals surface area contributed by atoms with Crippen LogP contribution in [0.2, 0.25) is 0 Å². The number of carbonyl (C=O) groups is 1. The van der Waals surface area contributed by atoms with E-state index >= 15 is 0 Å². The van der Waals surface area contributed by atoms with E-state index in [1.807, 2.05) is 60.7 Å². The Morgan fingerprint density at radius 1 is 1.05 bits per heavy atom. The lowest BCUT2D eigenvalue weighted by atomic mass is 10.1. The van der Waals surface area contributed by atoms with E-state index in [-0.39, 0.29) is 11.2 Å². The standard InChI is InChI=1S/C16H13N3OS2/c20-15(18-13-9-5-2-6-10-13)14(12-7-3-1-4-8-12)22-16-19-17-11-21-16/h1-11,14H,(H,18,20). The molecule has 4 nitrogen and oxygen atoms in total. The topological polar surface area (TPSA) is 54.9 Å². The van der Waals surface area contributed by atoms with Crippen LogP contribution in [-0.4, -0.2) is 16.1 Å². The quantitative estimate of drug-likeness (QED) is 0.719. The Kier molecular flexibility index (Phi) is 4.82. The molecule has 3 rings (SSSR count). The lowest BCUT2D eigenvalue weighted by molar-refractivity contribution is -0.115. The molecular formula is C16H13N3OS2. The van der Waals surface area contributed by atoms with Gasteiger partial charge in [-0.25, -0.2) is 0 Å². The van der Waals surface area contributed by atoms with Crippen LogP contribution in [-0.2, 0) is 4.79 Å². The van der Waals surface area contributed by atoms with E-state index in [2.05, 4.69) is 15.5 Å². The summed E-state index contributed by atoms with van der Waals surface area (Å²) in [7, 11) is 0. The van der Waals surface area contributed by atoms with Gasteiger partial charge in [0, 0.05) is 5.69 Å². The lowest BCUT2D eigenvalue weighted by Gasteiger charge is -2.15. The van der Waals surface area contributed by atoms with Gasteiger partial charge in [-0.1, -0.05) is 71.6 Å². The molecule has 1 atom stereocenters. The summed E-state index contributed by atoms with van der Waals surface area (Å²) < 4.78 is 0.775. The van der Waals surface area contributed by atoms with Crippen LogP contribution in [0.5, 0.6) is 0 Å². The van der Waals surface area contributed by atoms with E-state index in [0.29, 0.717) is 0 Å². The first-order valence-corrected chi connectivity index (χ1v) is 8.42. The smallest absolute Gasteiger partial charge is 0.242 e. The number of para-hydroxylation sites is 1. The van der Waals surface area contributed by atoms with Crippen LogP contribution in [0.25, 0.3) is 0 Å². The Labute approximate surface area is 136 Å². The number of hydrogen-bond acceptors (Lipinski definition) is 5. The number of amides is 1. The Morgan fingerprint density at radius 2 is 1.73 bits per heavy atom. The van der Waals surface area contributed by atoms with Crippen LogP contribution in [0.15, 0.2) is 70.5 Å². The van der Waals surface area contributed by atoms with E-state index in [4.69, 9.17) is 0 Å². The van der Waals surface area contributed by atoms with Gasteiger partial charge in [0.05, 0.1) is 0 Å². The van der Waals surface area contributed by atoms with E-state index < -0.39 is 0 Å². The van der Waals surface area contributed by atoms with Crippen molar-refractivity contribution in [2.45, 2.75) is 9.59 Å². The van der Waals surface area contributed by atoms with Gasteiger partial charge in [-0.3, -0.25) is 4.79 Å². The second-order valence-electron chi connectivity index (χ2n) is 4.47. The van der Waals surface area contributed by atoms with Crippen LogP contribution in [0.4, 0.5) is 5.69 Å². The number of benzene rings is 2. The second-order valence-corrected chi connectivity index (χ2v) is 6.65. The van der Waals surface area contributed by atoms with Gasteiger partial charge in [0.15, 0.2) is 4.34 Å². The van der Waals surface area contributed by atoms with Crippen molar-refractivity contribution in [1.29, 1.82) is 0 Å². The summed E-state index contributed by atoms with van der Waals surface area (Å²) in [5.74, 6) is -0.0717. The van der Waals surface area contributed by atoms with Crippen LogP contribution < -0.4 is 5.32 Å². The van der Waals surface area contributed by atoms with Crippen molar-refractivity contribution in [3.05, 3.63) is 71.7 Å². The molecule has 1 heterocycles. The van der Waals surface area contributed by atoms with Crippen molar-refractivity contribution in [2.75, 3.05) is 5.32 Å². The molecule has 0 saturated carbocycles. The Hall–Kier alpha value is -2.18.